The highest BCUT2D eigenvalue weighted by Gasteiger charge is 2.37. The van der Waals surface area contributed by atoms with Crippen LogP contribution >= 0.6 is 0 Å². The van der Waals surface area contributed by atoms with Gasteiger partial charge in [-0.1, -0.05) is 13.8 Å². The van der Waals surface area contributed by atoms with E-state index in [-0.39, 0.29) is 12.0 Å². The normalized spacial score (nSPS) is 33.6. The van der Waals surface area contributed by atoms with E-state index < -0.39 is 0 Å². The Kier molecular flexibility index (Phi) is 2.32. The molecular weight excluding hydrogens is 128 g/mol. The summed E-state index contributed by atoms with van der Waals surface area (Å²) in [5, 5.41) is 9.11. The zero-order chi connectivity index (χ0) is 7.61. The smallest absolute Gasteiger partial charge is 0.0547 e. The van der Waals surface area contributed by atoms with Gasteiger partial charge in [0.1, 0.15) is 0 Å². The van der Waals surface area contributed by atoms with E-state index in [0.29, 0.717) is 5.92 Å². The molecule has 0 aromatic heterocycles. The first kappa shape index (κ1) is 8.02. The Labute approximate surface area is 62.2 Å². The van der Waals surface area contributed by atoms with Crippen molar-refractivity contribution in [2.24, 2.45) is 11.3 Å². The standard InChI is InChI=1S/C8H16O2/c1-7(2)8(5-9)3-4-10-6-8/h7,9H,3-6H2,1-2H3/t8-/m1/s1. The van der Waals surface area contributed by atoms with Crippen molar-refractivity contribution >= 4 is 0 Å². The van der Waals surface area contributed by atoms with Crippen LogP contribution < -0.4 is 0 Å². The van der Waals surface area contributed by atoms with Gasteiger partial charge in [-0.15, -0.1) is 0 Å². The topological polar surface area (TPSA) is 29.5 Å². The van der Waals surface area contributed by atoms with Gasteiger partial charge in [0.25, 0.3) is 0 Å². The van der Waals surface area contributed by atoms with Gasteiger partial charge < -0.3 is 9.84 Å². The summed E-state index contributed by atoms with van der Waals surface area (Å²) >= 11 is 0. The Morgan fingerprint density at radius 3 is 2.50 bits per heavy atom. The Morgan fingerprint density at radius 2 is 2.30 bits per heavy atom. The van der Waals surface area contributed by atoms with E-state index in [4.69, 9.17) is 9.84 Å². The first-order chi connectivity index (χ1) is 4.71. The second kappa shape index (κ2) is 2.89. The summed E-state index contributed by atoms with van der Waals surface area (Å²) in [6.45, 7) is 6.11. The summed E-state index contributed by atoms with van der Waals surface area (Å²) in [7, 11) is 0. The van der Waals surface area contributed by atoms with Gasteiger partial charge in [0.05, 0.1) is 13.2 Å². The summed E-state index contributed by atoms with van der Waals surface area (Å²) in [4.78, 5) is 0. The van der Waals surface area contributed by atoms with Crippen LogP contribution in [-0.4, -0.2) is 24.9 Å². The van der Waals surface area contributed by atoms with Crippen LogP contribution in [0.15, 0.2) is 0 Å². The fraction of sp³-hybridized carbons (Fsp3) is 1.00. The van der Waals surface area contributed by atoms with Crippen molar-refractivity contribution in [1.29, 1.82) is 0 Å². The minimum absolute atomic E-state index is 0.0694. The molecule has 1 rings (SSSR count). The van der Waals surface area contributed by atoms with Crippen LogP contribution in [0.25, 0.3) is 0 Å². The lowest BCUT2D eigenvalue weighted by Crippen LogP contribution is -2.31. The van der Waals surface area contributed by atoms with E-state index in [1.54, 1.807) is 0 Å². The average Bonchev–Trinajstić information content (AvgIpc) is 2.35. The lowest BCUT2D eigenvalue weighted by atomic mass is 9.77. The van der Waals surface area contributed by atoms with Crippen molar-refractivity contribution in [1.82, 2.24) is 0 Å². The number of hydrogen-bond acceptors (Lipinski definition) is 2. The van der Waals surface area contributed by atoms with Crippen molar-refractivity contribution in [2.45, 2.75) is 20.3 Å². The molecule has 1 aliphatic heterocycles. The predicted molar refractivity (Wildman–Crippen MR) is 39.8 cm³/mol. The molecule has 0 amide bonds. The quantitative estimate of drug-likeness (QED) is 0.627. The molecule has 0 radical (unpaired) electrons. The van der Waals surface area contributed by atoms with Crippen LogP contribution in [0.5, 0.6) is 0 Å². The molecule has 2 nitrogen and oxygen atoms in total. The Bertz CT molecular complexity index is 104. The maximum Gasteiger partial charge on any atom is 0.0547 e. The van der Waals surface area contributed by atoms with Crippen molar-refractivity contribution in [3.05, 3.63) is 0 Å². The molecule has 0 unspecified atom stereocenters. The van der Waals surface area contributed by atoms with Gasteiger partial charge >= 0.3 is 0 Å². The van der Waals surface area contributed by atoms with Gasteiger partial charge in [0.2, 0.25) is 0 Å². The van der Waals surface area contributed by atoms with Gasteiger partial charge in [-0.05, 0) is 12.3 Å². The lowest BCUT2D eigenvalue weighted by molar-refractivity contribution is 0.0569. The van der Waals surface area contributed by atoms with Crippen LogP contribution in [0.4, 0.5) is 0 Å². The van der Waals surface area contributed by atoms with E-state index >= 15 is 0 Å². The molecule has 1 heterocycles. The van der Waals surface area contributed by atoms with E-state index in [1.807, 2.05) is 0 Å². The molecular formula is C8H16O2. The highest BCUT2D eigenvalue weighted by atomic mass is 16.5. The van der Waals surface area contributed by atoms with Crippen LogP contribution in [0.2, 0.25) is 0 Å². The molecule has 0 aliphatic carbocycles. The maximum absolute atomic E-state index is 9.11. The largest absolute Gasteiger partial charge is 0.396 e. The lowest BCUT2D eigenvalue weighted by Gasteiger charge is -2.28. The zero-order valence-electron chi connectivity index (χ0n) is 6.76. The predicted octanol–water partition coefficient (Wildman–Crippen LogP) is 1.04. The van der Waals surface area contributed by atoms with E-state index in [9.17, 15) is 0 Å². The van der Waals surface area contributed by atoms with Crippen LogP contribution in [0.3, 0.4) is 0 Å². The molecule has 1 aliphatic rings. The highest BCUT2D eigenvalue weighted by molar-refractivity contribution is 4.85. The molecule has 0 aromatic carbocycles. The molecule has 0 aromatic rings. The van der Waals surface area contributed by atoms with Crippen molar-refractivity contribution < 1.29 is 9.84 Å². The minimum Gasteiger partial charge on any atom is -0.396 e. The maximum atomic E-state index is 9.11. The average molecular weight is 144 g/mol. The summed E-state index contributed by atoms with van der Waals surface area (Å²) in [5.41, 5.74) is 0.0694. The number of ether oxygens (including phenoxy) is 1. The van der Waals surface area contributed by atoms with Gasteiger partial charge in [-0.2, -0.15) is 0 Å². The zero-order valence-corrected chi connectivity index (χ0v) is 6.76. The number of aliphatic hydroxyl groups excluding tert-OH is 1. The third kappa shape index (κ3) is 1.18. The van der Waals surface area contributed by atoms with Crippen LogP contribution in [-0.2, 0) is 4.74 Å². The number of hydrogen-bond donors (Lipinski definition) is 1. The molecule has 1 fully saturated rings. The minimum atomic E-state index is 0.0694. The van der Waals surface area contributed by atoms with Crippen LogP contribution in [0.1, 0.15) is 20.3 Å². The fourth-order valence-corrected chi connectivity index (χ4v) is 1.39. The van der Waals surface area contributed by atoms with Gasteiger partial charge in [-0.25, -0.2) is 0 Å². The second-order valence-corrected chi connectivity index (χ2v) is 3.48. The first-order valence-electron chi connectivity index (χ1n) is 3.90. The van der Waals surface area contributed by atoms with Gasteiger partial charge in [-0.3, -0.25) is 0 Å². The number of aliphatic hydroxyl groups is 1. The van der Waals surface area contributed by atoms with Crippen molar-refractivity contribution in [3.8, 4) is 0 Å². The van der Waals surface area contributed by atoms with E-state index in [0.717, 1.165) is 19.6 Å². The van der Waals surface area contributed by atoms with E-state index in [2.05, 4.69) is 13.8 Å². The summed E-state index contributed by atoms with van der Waals surface area (Å²) in [5.74, 6) is 0.528. The van der Waals surface area contributed by atoms with Gasteiger partial charge in [0.15, 0.2) is 0 Å². The molecule has 0 bridgehead atoms. The molecule has 1 N–H and O–H groups in total. The second-order valence-electron chi connectivity index (χ2n) is 3.48. The molecule has 10 heavy (non-hydrogen) atoms. The summed E-state index contributed by atoms with van der Waals surface area (Å²) < 4.78 is 5.25. The monoisotopic (exact) mass is 144 g/mol. The Morgan fingerprint density at radius 1 is 1.60 bits per heavy atom. The number of rotatable bonds is 2. The Balaban J connectivity index is 2.58. The third-order valence-electron chi connectivity index (χ3n) is 2.67. The fourth-order valence-electron chi connectivity index (χ4n) is 1.39. The Hall–Kier alpha value is -0.0800. The van der Waals surface area contributed by atoms with Crippen molar-refractivity contribution in [2.75, 3.05) is 19.8 Å². The highest BCUT2D eigenvalue weighted by Crippen LogP contribution is 2.35. The van der Waals surface area contributed by atoms with E-state index in [1.165, 1.54) is 0 Å². The molecule has 1 saturated heterocycles. The molecule has 2 heteroatoms. The molecule has 60 valence electrons. The summed E-state index contributed by atoms with van der Waals surface area (Å²) in [6.07, 6.45) is 1.02. The van der Waals surface area contributed by atoms with Gasteiger partial charge in [0, 0.05) is 12.0 Å². The molecule has 0 saturated carbocycles. The first-order valence-corrected chi connectivity index (χ1v) is 3.90. The third-order valence-corrected chi connectivity index (χ3v) is 2.67. The van der Waals surface area contributed by atoms with Crippen LogP contribution in [0, 0.1) is 11.3 Å². The van der Waals surface area contributed by atoms with Crippen molar-refractivity contribution in [3.63, 3.8) is 0 Å². The summed E-state index contributed by atoms with van der Waals surface area (Å²) in [6, 6.07) is 0. The molecule has 1 atom stereocenters. The molecule has 0 spiro atoms. The SMILES string of the molecule is CC(C)[C@@]1(CO)CCOC1.